The summed E-state index contributed by atoms with van der Waals surface area (Å²) in [5.41, 5.74) is 1.18. The minimum Gasteiger partial charge on any atom is -0.492 e. The Kier molecular flexibility index (Phi) is 12.1. The van der Waals surface area contributed by atoms with Gasteiger partial charge in [-0.15, -0.1) is 24.0 Å². The summed E-state index contributed by atoms with van der Waals surface area (Å²) in [6.45, 7) is 13.9. The molecule has 2 aliphatic heterocycles. The summed E-state index contributed by atoms with van der Waals surface area (Å²) in [5.74, 6) is 3.39. The number of hydrogen-bond acceptors (Lipinski definition) is 4. The van der Waals surface area contributed by atoms with Gasteiger partial charge in [-0.25, -0.2) is 4.99 Å². The molecule has 0 spiro atoms. The average Bonchev–Trinajstić information content (AvgIpc) is 2.77. The van der Waals surface area contributed by atoms with Gasteiger partial charge in [-0.1, -0.05) is 26.0 Å². The Morgan fingerprint density at radius 3 is 2.62 bits per heavy atom. The zero-order chi connectivity index (χ0) is 22.1. The molecule has 6 nitrogen and oxygen atoms in total. The second kappa shape index (κ2) is 14.3. The van der Waals surface area contributed by atoms with Gasteiger partial charge in [0.1, 0.15) is 12.4 Å². The molecular weight excluding hydrogens is 515 g/mol. The monoisotopic (exact) mass is 558 g/mol. The van der Waals surface area contributed by atoms with Crippen molar-refractivity contribution in [2.24, 2.45) is 16.8 Å². The van der Waals surface area contributed by atoms with E-state index < -0.39 is 0 Å². The molecule has 3 rings (SSSR count). The van der Waals surface area contributed by atoms with Crippen LogP contribution in [0.3, 0.4) is 0 Å². The topological polar surface area (TPSA) is 49.3 Å². The van der Waals surface area contributed by atoms with Crippen molar-refractivity contribution in [2.75, 3.05) is 53.0 Å². The molecule has 32 heavy (non-hydrogen) atoms. The Morgan fingerprint density at radius 1 is 1.22 bits per heavy atom. The van der Waals surface area contributed by atoms with E-state index in [0.717, 1.165) is 63.9 Å². The van der Waals surface area contributed by atoms with E-state index in [4.69, 9.17) is 14.5 Å². The fourth-order valence-corrected chi connectivity index (χ4v) is 4.78. The summed E-state index contributed by atoms with van der Waals surface area (Å²) >= 11 is 0. The standard InChI is InChI=1S/C25H42N4O2.HI/c1-5-26-25(29-18-20(2)15-21(3)19-29)27-17-22-7-6-8-24(16-22)31-14-11-28(4)23-9-12-30-13-10-23;/h6-8,16,20-21,23H,5,9-15,17-19H2,1-4H3,(H,26,27);1H. The first kappa shape index (κ1) is 27.2. The van der Waals surface area contributed by atoms with Crippen molar-refractivity contribution in [3.05, 3.63) is 29.8 Å². The predicted molar refractivity (Wildman–Crippen MR) is 143 cm³/mol. The van der Waals surface area contributed by atoms with Crippen molar-refractivity contribution < 1.29 is 9.47 Å². The number of likely N-dealkylation sites (tertiary alicyclic amines) is 1. The molecule has 2 aliphatic rings. The van der Waals surface area contributed by atoms with E-state index in [0.29, 0.717) is 31.0 Å². The molecule has 0 aliphatic carbocycles. The summed E-state index contributed by atoms with van der Waals surface area (Å²) in [5, 5.41) is 3.49. The van der Waals surface area contributed by atoms with Crippen LogP contribution in [0.4, 0.5) is 0 Å². The van der Waals surface area contributed by atoms with Gasteiger partial charge in [0.05, 0.1) is 6.54 Å². The lowest BCUT2D eigenvalue weighted by Gasteiger charge is -2.37. The molecule has 2 fully saturated rings. The van der Waals surface area contributed by atoms with Gasteiger partial charge in [-0.3, -0.25) is 4.90 Å². The van der Waals surface area contributed by atoms with Crippen LogP contribution in [0.5, 0.6) is 5.75 Å². The smallest absolute Gasteiger partial charge is 0.194 e. The van der Waals surface area contributed by atoms with E-state index in [1.54, 1.807) is 0 Å². The Labute approximate surface area is 212 Å². The summed E-state index contributed by atoms with van der Waals surface area (Å²) in [6.07, 6.45) is 3.54. The number of guanidine groups is 1. The van der Waals surface area contributed by atoms with Gasteiger partial charge in [0, 0.05) is 45.4 Å². The Bertz CT molecular complexity index is 686. The van der Waals surface area contributed by atoms with Crippen LogP contribution in [-0.4, -0.2) is 74.8 Å². The number of rotatable bonds is 8. The first-order chi connectivity index (χ1) is 15.0. The predicted octanol–water partition coefficient (Wildman–Crippen LogP) is 4.24. The maximum atomic E-state index is 6.06. The molecule has 7 heteroatoms. The Hall–Kier alpha value is -1.06. The number of nitrogens with zero attached hydrogens (tertiary/aromatic N) is 3. The van der Waals surface area contributed by atoms with Crippen molar-refractivity contribution in [3.8, 4) is 5.75 Å². The van der Waals surface area contributed by atoms with Crippen LogP contribution in [0, 0.1) is 11.8 Å². The van der Waals surface area contributed by atoms with E-state index in [-0.39, 0.29) is 24.0 Å². The third-order valence-electron chi connectivity index (χ3n) is 6.34. The highest BCUT2D eigenvalue weighted by atomic mass is 127. The highest BCUT2D eigenvalue weighted by Crippen LogP contribution is 2.21. The van der Waals surface area contributed by atoms with E-state index >= 15 is 0 Å². The molecule has 0 amide bonds. The average molecular weight is 559 g/mol. The zero-order valence-electron chi connectivity index (χ0n) is 20.4. The van der Waals surface area contributed by atoms with Gasteiger partial charge in [0.25, 0.3) is 0 Å². The third kappa shape index (κ3) is 8.71. The first-order valence-electron chi connectivity index (χ1n) is 12.1. The van der Waals surface area contributed by atoms with E-state index in [1.165, 1.54) is 12.0 Å². The number of nitrogens with one attached hydrogen (secondary N) is 1. The van der Waals surface area contributed by atoms with E-state index in [2.05, 4.69) is 61.1 Å². The fraction of sp³-hybridized carbons (Fsp3) is 0.720. The molecule has 2 heterocycles. The van der Waals surface area contributed by atoms with Gasteiger partial charge < -0.3 is 19.7 Å². The van der Waals surface area contributed by atoms with Crippen molar-refractivity contribution in [2.45, 2.75) is 52.6 Å². The minimum atomic E-state index is 0. The maximum absolute atomic E-state index is 6.06. The molecule has 1 aromatic rings. The number of ether oxygens (including phenoxy) is 2. The Morgan fingerprint density at radius 2 is 1.94 bits per heavy atom. The van der Waals surface area contributed by atoms with Crippen molar-refractivity contribution >= 4 is 29.9 Å². The van der Waals surface area contributed by atoms with Crippen LogP contribution < -0.4 is 10.1 Å². The van der Waals surface area contributed by atoms with Crippen molar-refractivity contribution in [1.82, 2.24) is 15.1 Å². The summed E-state index contributed by atoms with van der Waals surface area (Å²) in [7, 11) is 2.19. The summed E-state index contributed by atoms with van der Waals surface area (Å²) < 4.78 is 11.5. The van der Waals surface area contributed by atoms with Gasteiger partial charge in [0.2, 0.25) is 0 Å². The summed E-state index contributed by atoms with van der Waals surface area (Å²) in [6, 6.07) is 8.99. The molecular formula is C25H43IN4O2. The van der Waals surface area contributed by atoms with Gasteiger partial charge in [-0.05, 0) is 62.8 Å². The molecule has 1 N–H and O–H groups in total. The van der Waals surface area contributed by atoms with E-state index in [1.807, 2.05) is 6.07 Å². The fourth-order valence-electron chi connectivity index (χ4n) is 4.78. The molecule has 2 atom stereocenters. The summed E-state index contributed by atoms with van der Waals surface area (Å²) in [4.78, 5) is 9.77. The second-order valence-electron chi connectivity index (χ2n) is 9.34. The largest absolute Gasteiger partial charge is 0.492 e. The van der Waals surface area contributed by atoms with Gasteiger partial charge in [-0.2, -0.15) is 0 Å². The van der Waals surface area contributed by atoms with Crippen LogP contribution in [0.1, 0.15) is 45.6 Å². The SMILES string of the molecule is CCNC(=NCc1cccc(OCCN(C)C2CCOCC2)c1)N1CC(C)CC(C)C1.I. The van der Waals surface area contributed by atoms with Gasteiger partial charge >= 0.3 is 0 Å². The number of likely N-dealkylation sites (N-methyl/N-ethyl adjacent to an activating group) is 1. The number of aliphatic imine (C=N–C) groups is 1. The molecule has 182 valence electrons. The molecule has 0 saturated carbocycles. The molecule has 1 aromatic carbocycles. The van der Waals surface area contributed by atoms with Crippen LogP contribution in [0.15, 0.2) is 29.3 Å². The molecule has 0 aromatic heterocycles. The molecule has 0 bridgehead atoms. The Balaban J connectivity index is 0.00000363. The van der Waals surface area contributed by atoms with Crippen LogP contribution in [0.25, 0.3) is 0 Å². The van der Waals surface area contributed by atoms with Crippen LogP contribution >= 0.6 is 24.0 Å². The van der Waals surface area contributed by atoms with Crippen molar-refractivity contribution in [1.29, 1.82) is 0 Å². The number of hydrogen-bond donors (Lipinski definition) is 1. The highest BCUT2D eigenvalue weighted by Gasteiger charge is 2.24. The molecule has 2 unspecified atom stereocenters. The lowest BCUT2D eigenvalue weighted by molar-refractivity contribution is 0.0392. The minimum absolute atomic E-state index is 0. The quantitative estimate of drug-likeness (QED) is 0.294. The third-order valence-corrected chi connectivity index (χ3v) is 6.34. The van der Waals surface area contributed by atoms with Gasteiger partial charge in [0.15, 0.2) is 5.96 Å². The molecule has 0 radical (unpaired) electrons. The highest BCUT2D eigenvalue weighted by molar-refractivity contribution is 14.0. The second-order valence-corrected chi connectivity index (χ2v) is 9.34. The number of piperidine rings is 1. The zero-order valence-corrected chi connectivity index (χ0v) is 22.7. The number of benzene rings is 1. The lowest BCUT2D eigenvalue weighted by Crippen LogP contribution is -2.48. The van der Waals surface area contributed by atoms with E-state index in [9.17, 15) is 0 Å². The molecule has 2 saturated heterocycles. The maximum Gasteiger partial charge on any atom is 0.194 e. The van der Waals surface area contributed by atoms with Crippen LogP contribution in [-0.2, 0) is 11.3 Å². The lowest BCUT2D eigenvalue weighted by atomic mass is 9.92. The first-order valence-corrected chi connectivity index (χ1v) is 12.1. The number of halogens is 1. The van der Waals surface area contributed by atoms with Crippen molar-refractivity contribution in [3.63, 3.8) is 0 Å². The normalized spacial score (nSPS) is 22.5. The van der Waals surface area contributed by atoms with Crippen LogP contribution in [0.2, 0.25) is 0 Å².